The number of aromatic nitrogens is 3. The minimum atomic E-state index is -0.0466. The predicted octanol–water partition coefficient (Wildman–Crippen LogP) is 4.35. The van der Waals surface area contributed by atoms with Gasteiger partial charge in [0.2, 0.25) is 0 Å². The van der Waals surface area contributed by atoms with Gasteiger partial charge < -0.3 is 0 Å². The summed E-state index contributed by atoms with van der Waals surface area (Å²) in [5, 5.41) is 3.18. The van der Waals surface area contributed by atoms with E-state index in [9.17, 15) is 4.79 Å². The molecule has 0 amide bonds. The smallest absolute Gasteiger partial charge is 0.276 e. The molecular formula is C20H16BrN3O. The third-order valence-corrected chi connectivity index (χ3v) is 4.82. The molecule has 124 valence electrons. The molecule has 5 heteroatoms. The molecule has 0 aliphatic carbocycles. The summed E-state index contributed by atoms with van der Waals surface area (Å²) in [6.07, 6.45) is 0.577. The van der Waals surface area contributed by atoms with Crippen molar-refractivity contribution in [2.45, 2.75) is 13.3 Å². The van der Waals surface area contributed by atoms with Gasteiger partial charge in [-0.3, -0.25) is 9.89 Å². The Hall–Kier alpha value is -2.66. The molecule has 0 bridgehead atoms. The van der Waals surface area contributed by atoms with E-state index in [0.29, 0.717) is 17.6 Å². The van der Waals surface area contributed by atoms with Crippen LogP contribution in [0.5, 0.6) is 0 Å². The molecule has 0 aliphatic rings. The Morgan fingerprint density at radius 3 is 2.52 bits per heavy atom. The Morgan fingerprint density at radius 2 is 1.80 bits per heavy atom. The molecule has 0 radical (unpaired) electrons. The summed E-state index contributed by atoms with van der Waals surface area (Å²) in [6, 6.07) is 19.8. The van der Waals surface area contributed by atoms with E-state index in [1.807, 2.05) is 67.6 Å². The minimum Gasteiger partial charge on any atom is -0.289 e. The van der Waals surface area contributed by atoms with E-state index in [4.69, 9.17) is 0 Å². The predicted molar refractivity (Wildman–Crippen MR) is 103 cm³/mol. The molecule has 0 atom stereocenters. The van der Waals surface area contributed by atoms with Gasteiger partial charge in [-0.15, -0.1) is 0 Å². The van der Waals surface area contributed by atoms with Gasteiger partial charge in [-0.1, -0.05) is 58.4 Å². The fraction of sp³-hybridized carbons (Fsp3) is 0.100. The van der Waals surface area contributed by atoms with Crippen LogP contribution in [0.4, 0.5) is 0 Å². The Bertz CT molecular complexity index is 1100. The number of rotatable bonds is 3. The largest absolute Gasteiger partial charge is 0.289 e. The number of halogens is 1. The fourth-order valence-corrected chi connectivity index (χ4v) is 3.21. The van der Waals surface area contributed by atoms with Gasteiger partial charge >= 0.3 is 0 Å². The number of benzene rings is 2. The summed E-state index contributed by atoms with van der Waals surface area (Å²) in [6.45, 7) is 1.89. The molecule has 1 N–H and O–H groups in total. The molecule has 4 aromatic rings. The molecule has 4 rings (SSSR count). The molecule has 4 nitrogen and oxygen atoms in total. The van der Waals surface area contributed by atoms with Crippen LogP contribution in [0.1, 0.15) is 16.8 Å². The van der Waals surface area contributed by atoms with Gasteiger partial charge in [-0.05, 0) is 30.2 Å². The van der Waals surface area contributed by atoms with Gasteiger partial charge in [0, 0.05) is 28.2 Å². The van der Waals surface area contributed by atoms with Crippen LogP contribution in [0.15, 0.2) is 69.9 Å². The summed E-state index contributed by atoms with van der Waals surface area (Å²) >= 11 is 3.44. The molecule has 2 aromatic carbocycles. The van der Waals surface area contributed by atoms with Crippen LogP contribution in [0.2, 0.25) is 0 Å². The number of nitrogens with one attached hydrogen (secondary N) is 1. The minimum absolute atomic E-state index is 0.0466. The van der Waals surface area contributed by atoms with Gasteiger partial charge in [0.05, 0.1) is 5.69 Å². The number of aromatic amines is 1. The van der Waals surface area contributed by atoms with E-state index in [-0.39, 0.29) is 5.56 Å². The Balaban J connectivity index is 1.82. The van der Waals surface area contributed by atoms with E-state index in [1.165, 1.54) is 4.52 Å². The van der Waals surface area contributed by atoms with Crippen molar-refractivity contribution in [1.82, 2.24) is 14.6 Å². The number of hydrogen-bond acceptors (Lipinski definition) is 2. The fourth-order valence-electron chi connectivity index (χ4n) is 2.95. The lowest BCUT2D eigenvalue weighted by atomic mass is 10.1. The van der Waals surface area contributed by atoms with Crippen LogP contribution in [0, 0.1) is 6.92 Å². The van der Waals surface area contributed by atoms with E-state index < -0.39 is 0 Å². The average molecular weight is 394 g/mol. The SMILES string of the molecule is Cc1nc2cc(-c3ccc(Br)cc3)[nH]n2c(=O)c1Cc1ccccc1. The molecule has 25 heavy (non-hydrogen) atoms. The third-order valence-electron chi connectivity index (χ3n) is 4.29. The van der Waals surface area contributed by atoms with E-state index in [1.54, 1.807) is 0 Å². The van der Waals surface area contributed by atoms with Crippen molar-refractivity contribution in [3.63, 3.8) is 0 Å². The number of H-pyrrole nitrogens is 1. The zero-order valence-corrected chi connectivity index (χ0v) is 15.2. The van der Waals surface area contributed by atoms with Gasteiger partial charge in [-0.2, -0.15) is 0 Å². The van der Waals surface area contributed by atoms with E-state index in [2.05, 4.69) is 26.0 Å². The van der Waals surface area contributed by atoms with Gasteiger partial charge in [-0.25, -0.2) is 9.50 Å². The molecule has 0 fully saturated rings. The first-order valence-electron chi connectivity index (χ1n) is 8.03. The lowest BCUT2D eigenvalue weighted by Gasteiger charge is -2.05. The van der Waals surface area contributed by atoms with E-state index >= 15 is 0 Å². The highest BCUT2D eigenvalue weighted by Gasteiger charge is 2.13. The van der Waals surface area contributed by atoms with Crippen LogP contribution in [-0.2, 0) is 6.42 Å². The highest BCUT2D eigenvalue weighted by Crippen LogP contribution is 2.21. The maximum atomic E-state index is 12.9. The summed E-state index contributed by atoms with van der Waals surface area (Å²) in [5.74, 6) is 0. The molecule has 0 saturated heterocycles. The molecule has 2 heterocycles. The molecule has 0 saturated carbocycles. The van der Waals surface area contributed by atoms with Gasteiger partial charge in [0.25, 0.3) is 5.56 Å². The first-order valence-corrected chi connectivity index (χ1v) is 8.82. The molecule has 0 spiro atoms. The van der Waals surface area contributed by atoms with Crippen LogP contribution in [0.25, 0.3) is 16.9 Å². The van der Waals surface area contributed by atoms with Gasteiger partial charge in [0.1, 0.15) is 0 Å². The Kier molecular flexibility index (Phi) is 4.01. The first kappa shape index (κ1) is 15.8. The lowest BCUT2D eigenvalue weighted by molar-refractivity contribution is 0.862. The topological polar surface area (TPSA) is 50.2 Å². The number of nitrogens with zero attached hydrogens (tertiary/aromatic N) is 2. The lowest BCUT2D eigenvalue weighted by Crippen LogP contribution is -2.22. The Morgan fingerprint density at radius 1 is 1.08 bits per heavy atom. The van der Waals surface area contributed by atoms with Crippen molar-refractivity contribution in [2.75, 3.05) is 0 Å². The molecule has 0 unspecified atom stereocenters. The maximum absolute atomic E-state index is 12.9. The second-order valence-electron chi connectivity index (χ2n) is 6.01. The molecule has 2 aromatic heterocycles. The van der Waals surface area contributed by atoms with E-state index in [0.717, 1.165) is 27.0 Å². The summed E-state index contributed by atoms with van der Waals surface area (Å²) in [7, 11) is 0. The maximum Gasteiger partial charge on any atom is 0.276 e. The summed E-state index contributed by atoms with van der Waals surface area (Å²) in [5.41, 5.74) is 5.06. The second-order valence-corrected chi connectivity index (χ2v) is 6.93. The van der Waals surface area contributed by atoms with Crippen molar-refractivity contribution >= 4 is 21.6 Å². The molecular weight excluding hydrogens is 378 g/mol. The zero-order chi connectivity index (χ0) is 17.4. The number of fused-ring (bicyclic) bond motifs is 1. The third kappa shape index (κ3) is 3.03. The van der Waals surface area contributed by atoms with Crippen molar-refractivity contribution in [3.8, 4) is 11.3 Å². The second kappa shape index (κ2) is 6.33. The molecule has 0 aliphatic heterocycles. The van der Waals surface area contributed by atoms with Crippen LogP contribution >= 0.6 is 15.9 Å². The number of aryl methyl sites for hydroxylation is 1. The summed E-state index contributed by atoms with van der Waals surface area (Å²) in [4.78, 5) is 17.6. The first-order chi connectivity index (χ1) is 12.1. The van der Waals surface area contributed by atoms with Crippen molar-refractivity contribution in [2.24, 2.45) is 0 Å². The van der Waals surface area contributed by atoms with Gasteiger partial charge in [0.15, 0.2) is 5.65 Å². The van der Waals surface area contributed by atoms with Crippen molar-refractivity contribution in [3.05, 3.63) is 92.3 Å². The van der Waals surface area contributed by atoms with Crippen LogP contribution < -0.4 is 5.56 Å². The number of hydrogen-bond donors (Lipinski definition) is 1. The normalized spacial score (nSPS) is 11.1. The standard InChI is InChI=1S/C20H16BrN3O/c1-13-17(11-14-5-3-2-4-6-14)20(25)24-19(22-13)12-18(23-24)15-7-9-16(21)10-8-15/h2-10,12,23H,11H2,1H3. The zero-order valence-electron chi connectivity index (χ0n) is 13.7. The quantitative estimate of drug-likeness (QED) is 0.562. The van der Waals surface area contributed by atoms with Crippen molar-refractivity contribution in [1.29, 1.82) is 0 Å². The highest BCUT2D eigenvalue weighted by atomic mass is 79.9. The average Bonchev–Trinajstić information content (AvgIpc) is 3.04. The van der Waals surface area contributed by atoms with Crippen molar-refractivity contribution < 1.29 is 0 Å². The monoisotopic (exact) mass is 393 g/mol. The summed E-state index contributed by atoms with van der Waals surface area (Å²) < 4.78 is 2.55. The van der Waals surface area contributed by atoms with Crippen LogP contribution in [-0.4, -0.2) is 14.6 Å². The Labute approximate surface area is 153 Å². The van der Waals surface area contributed by atoms with Crippen LogP contribution in [0.3, 0.4) is 0 Å². The highest BCUT2D eigenvalue weighted by molar-refractivity contribution is 9.10.